The number of nitrogens with zero attached hydrogens (tertiary/aromatic N) is 6. The standard InChI is InChI=1S/C22H25N7O2/c1-14-19(15-7-20(31-2)21-16(8-23)11-25-28(21)13-15)12-26-29(14)18-3-5-27(6-4-18)22(30)17-9-24-10-17/h7,11-13,17-18,24H,3-6,9-10H2,1-2H3. The van der Waals surface area contributed by atoms with Crippen molar-refractivity contribution in [3.63, 3.8) is 0 Å². The topological polar surface area (TPSA) is 100 Å². The van der Waals surface area contributed by atoms with Crippen molar-refractivity contribution >= 4 is 11.4 Å². The van der Waals surface area contributed by atoms with E-state index in [2.05, 4.69) is 33.2 Å². The number of hydrogen-bond acceptors (Lipinski definition) is 6. The smallest absolute Gasteiger partial charge is 0.228 e. The van der Waals surface area contributed by atoms with E-state index in [1.807, 2.05) is 23.4 Å². The van der Waals surface area contributed by atoms with Crippen LogP contribution in [0.2, 0.25) is 0 Å². The van der Waals surface area contributed by atoms with E-state index in [1.54, 1.807) is 17.8 Å². The lowest BCUT2D eigenvalue weighted by Gasteiger charge is -2.37. The van der Waals surface area contributed by atoms with Crippen molar-refractivity contribution in [1.82, 2.24) is 29.6 Å². The first-order valence-electron chi connectivity index (χ1n) is 10.6. The van der Waals surface area contributed by atoms with Gasteiger partial charge in [-0.2, -0.15) is 15.5 Å². The fraction of sp³-hybridized carbons (Fsp3) is 0.455. The fourth-order valence-corrected chi connectivity index (χ4v) is 4.60. The largest absolute Gasteiger partial charge is 0.494 e. The van der Waals surface area contributed by atoms with E-state index in [9.17, 15) is 10.1 Å². The number of rotatable bonds is 4. The molecule has 9 heteroatoms. The third-order valence-corrected chi connectivity index (χ3v) is 6.53. The summed E-state index contributed by atoms with van der Waals surface area (Å²) >= 11 is 0. The van der Waals surface area contributed by atoms with Crippen molar-refractivity contribution in [2.45, 2.75) is 25.8 Å². The zero-order chi connectivity index (χ0) is 21.5. The number of aromatic nitrogens is 4. The van der Waals surface area contributed by atoms with Gasteiger partial charge in [-0.25, -0.2) is 4.52 Å². The Bertz CT molecular complexity index is 1180. The Labute approximate surface area is 180 Å². The van der Waals surface area contributed by atoms with Crippen LogP contribution in [0.4, 0.5) is 0 Å². The van der Waals surface area contributed by atoms with Gasteiger partial charge in [0.2, 0.25) is 5.91 Å². The molecule has 1 N–H and O–H groups in total. The maximum absolute atomic E-state index is 12.5. The molecule has 0 radical (unpaired) electrons. The molecule has 0 spiro atoms. The van der Waals surface area contributed by atoms with Crippen LogP contribution >= 0.6 is 0 Å². The van der Waals surface area contributed by atoms with E-state index in [-0.39, 0.29) is 17.9 Å². The average molecular weight is 419 g/mol. The van der Waals surface area contributed by atoms with Gasteiger partial charge in [0.05, 0.1) is 31.5 Å². The molecular weight excluding hydrogens is 394 g/mol. The van der Waals surface area contributed by atoms with Crippen LogP contribution in [0.3, 0.4) is 0 Å². The number of pyridine rings is 1. The van der Waals surface area contributed by atoms with Gasteiger partial charge in [0, 0.05) is 49.2 Å². The van der Waals surface area contributed by atoms with Crippen LogP contribution in [0.25, 0.3) is 16.6 Å². The molecule has 5 heterocycles. The molecule has 160 valence electrons. The Kier molecular flexibility index (Phi) is 4.87. The highest BCUT2D eigenvalue weighted by molar-refractivity contribution is 5.80. The second kappa shape index (κ2) is 7.71. The number of carbonyl (C=O) groups is 1. The molecule has 3 aromatic rings. The van der Waals surface area contributed by atoms with Crippen molar-refractivity contribution in [2.75, 3.05) is 33.3 Å². The molecule has 1 amide bonds. The highest BCUT2D eigenvalue weighted by Crippen LogP contribution is 2.33. The zero-order valence-electron chi connectivity index (χ0n) is 17.7. The summed E-state index contributed by atoms with van der Waals surface area (Å²) < 4.78 is 9.31. The number of hydrogen-bond donors (Lipinski definition) is 1. The van der Waals surface area contributed by atoms with E-state index < -0.39 is 0 Å². The average Bonchev–Trinajstić information content (AvgIpc) is 3.35. The molecule has 2 aliphatic heterocycles. The van der Waals surface area contributed by atoms with E-state index in [0.29, 0.717) is 16.8 Å². The van der Waals surface area contributed by atoms with Gasteiger partial charge in [0.25, 0.3) is 0 Å². The van der Waals surface area contributed by atoms with Crippen LogP contribution in [0.15, 0.2) is 24.7 Å². The summed E-state index contributed by atoms with van der Waals surface area (Å²) in [6, 6.07) is 4.36. The van der Waals surface area contributed by atoms with Crippen LogP contribution in [-0.2, 0) is 4.79 Å². The summed E-state index contributed by atoms with van der Waals surface area (Å²) in [5, 5.41) is 21.5. The fourth-order valence-electron chi connectivity index (χ4n) is 4.60. The van der Waals surface area contributed by atoms with E-state index in [0.717, 1.165) is 55.8 Å². The van der Waals surface area contributed by atoms with Crippen LogP contribution in [0, 0.1) is 24.2 Å². The first kappa shape index (κ1) is 19.6. The van der Waals surface area contributed by atoms with Gasteiger partial charge in [0.1, 0.15) is 22.9 Å². The van der Waals surface area contributed by atoms with Gasteiger partial charge in [0.15, 0.2) is 0 Å². The molecule has 0 aliphatic carbocycles. The Morgan fingerprint density at radius 3 is 2.68 bits per heavy atom. The third kappa shape index (κ3) is 3.24. The number of carbonyl (C=O) groups excluding carboxylic acids is 1. The second-order valence-corrected chi connectivity index (χ2v) is 8.26. The normalized spacial score (nSPS) is 17.5. The summed E-state index contributed by atoms with van der Waals surface area (Å²) in [6.07, 6.45) is 7.14. The number of methoxy groups -OCH3 is 1. The number of nitrogens with one attached hydrogen (secondary N) is 1. The van der Waals surface area contributed by atoms with Crippen LogP contribution in [0.1, 0.15) is 30.1 Å². The molecule has 3 aromatic heterocycles. The Morgan fingerprint density at radius 1 is 1.26 bits per heavy atom. The van der Waals surface area contributed by atoms with Gasteiger partial charge in [-0.3, -0.25) is 9.48 Å². The molecule has 5 rings (SSSR count). The van der Waals surface area contributed by atoms with Crippen LogP contribution in [0.5, 0.6) is 5.75 Å². The predicted octanol–water partition coefficient (Wildman–Crippen LogP) is 1.77. The lowest BCUT2D eigenvalue weighted by Crippen LogP contribution is -2.53. The molecular formula is C22H25N7O2. The molecule has 0 atom stereocenters. The van der Waals surface area contributed by atoms with Crippen molar-refractivity contribution in [3.8, 4) is 22.9 Å². The molecule has 9 nitrogen and oxygen atoms in total. The summed E-state index contributed by atoms with van der Waals surface area (Å²) in [4.78, 5) is 14.5. The summed E-state index contributed by atoms with van der Waals surface area (Å²) in [5.74, 6) is 1.05. The van der Waals surface area contributed by atoms with Crippen LogP contribution < -0.4 is 10.1 Å². The highest BCUT2D eigenvalue weighted by Gasteiger charge is 2.32. The molecule has 2 fully saturated rings. The molecule has 2 saturated heterocycles. The van der Waals surface area contributed by atoms with Crippen molar-refractivity contribution in [3.05, 3.63) is 35.9 Å². The molecule has 0 unspecified atom stereocenters. The van der Waals surface area contributed by atoms with E-state index in [4.69, 9.17) is 4.74 Å². The Hall–Kier alpha value is -3.38. The number of piperidine rings is 1. The van der Waals surface area contributed by atoms with Gasteiger partial charge in [-0.05, 0) is 25.8 Å². The molecule has 0 aromatic carbocycles. The highest BCUT2D eigenvalue weighted by atomic mass is 16.5. The third-order valence-electron chi connectivity index (χ3n) is 6.53. The predicted molar refractivity (Wildman–Crippen MR) is 114 cm³/mol. The summed E-state index contributed by atoms with van der Waals surface area (Å²) in [6.45, 7) is 5.23. The second-order valence-electron chi connectivity index (χ2n) is 8.26. The number of ether oxygens (including phenoxy) is 1. The van der Waals surface area contributed by atoms with E-state index in [1.165, 1.54) is 0 Å². The monoisotopic (exact) mass is 419 g/mol. The number of fused-ring (bicyclic) bond motifs is 1. The van der Waals surface area contributed by atoms with Crippen molar-refractivity contribution in [2.24, 2.45) is 5.92 Å². The lowest BCUT2D eigenvalue weighted by molar-refractivity contribution is -0.138. The Balaban J connectivity index is 1.38. The molecule has 31 heavy (non-hydrogen) atoms. The first-order valence-corrected chi connectivity index (χ1v) is 10.6. The van der Waals surface area contributed by atoms with Crippen LogP contribution in [-0.4, -0.2) is 63.5 Å². The zero-order valence-corrected chi connectivity index (χ0v) is 17.7. The minimum Gasteiger partial charge on any atom is -0.494 e. The molecule has 2 aliphatic rings. The minimum atomic E-state index is 0.156. The summed E-state index contributed by atoms with van der Waals surface area (Å²) in [7, 11) is 1.60. The number of nitriles is 1. The van der Waals surface area contributed by atoms with Crippen molar-refractivity contribution < 1.29 is 9.53 Å². The van der Waals surface area contributed by atoms with Gasteiger partial charge < -0.3 is 15.0 Å². The lowest BCUT2D eigenvalue weighted by atomic mass is 9.98. The minimum absolute atomic E-state index is 0.156. The first-order chi connectivity index (χ1) is 15.1. The van der Waals surface area contributed by atoms with E-state index >= 15 is 0 Å². The van der Waals surface area contributed by atoms with Crippen molar-refractivity contribution in [1.29, 1.82) is 5.26 Å². The van der Waals surface area contributed by atoms with Gasteiger partial charge in [-0.15, -0.1) is 0 Å². The maximum Gasteiger partial charge on any atom is 0.228 e. The molecule has 0 saturated carbocycles. The quantitative estimate of drug-likeness (QED) is 0.692. The number of likely N-dealkylation sites (tertiary alicyclic amines) is 1. The molecule has 0 bridgehead atoms. The van der Waals surface area contributed by atoms with Gasteiger partial charge >= 0.3 is 0 Å². The summed E-state index contributed by atoms with van der Waals surface area (Å²) in [5.41, 5.74) is 4.16. The SMILES string of the molecule is COc1cc(-c2cnn(C3CCN(C(=O)C4CNC4)CC3)c2C)cn2ncc(C#N)c12. The van der Waals surface area contributed by atoms with Gasteiger partial charge in [-0.1, -0.05) is 0 Å². The number of amides is 1. The maximum atomic E-state index is 12.5. The Morgan fingerprint density at radius 2 is 2.03 bits per heavy atom.